The minimum absolute atomic E-state index is 0.0173. The van der Waals surface area contributed by atoms with E-state index >= 15 is 0 Å². The zero-order valence-electron chi connectivity index (χ0n) is 16.2. The maximum Gasteiger partial charge on any atom is 0.242 e. The molecule has 0 fully saturated rings. The molecule has 1 atom stereocenters. The van der Waals surface area contributed by atoms with Crippen molar-refractivity contribution in [1.29, 1.82) is 0 Å². The molecule has 0 aliphatic carbocycles. The Hall–Kier alpha value is -3.86. The number of nitrogens with one attached hydrogen (secondary N) is 2. The number of amides is 1. The zero-order valence-corrected chi connectivity index (χ0v) is 17.0. The van der Waals surface area contributed by atoms with E-state index in [1.54, 1.807) is 0 Å². The fourth-order valence-electron chi connectivity index (χ4n) is 2.89. The maximum absolute atomic E-state index is 13.5. The number of H-pyrrole nitrogens is 1. The third-order valence-corrected chi connectivity index (χ3v) is 5.60. The molecular formula is C20H17FN6O3S. The van der Waals surface area contributed by atoms with Gasteiger partial charge in [0.05, 0.1) is 13.4 Å². The van der Waals surface area contributed by atoms with E-state index in [0.717, 1.165) is 11.8 Å². The molecule has 2 heterocycles. The van der Waals surface area contributed by atoms with Crippen LogP contribution in [0.4, 0.5) is 16.0 Å². The number of benzene rings is 2. The number of thioether (sulfide) groups is 1. The van der Waals surface area contributed by atoms with Crippen molar-refractivity contribution >= 4 is 40.5 Å². The van der Waals surface area contributed by atoms with Crippen LogP contribution >= 0.6 is 11.8 Å². The number of ether oxygens (including phenoxy) is 1. The molecule has 5 N–H and O–H groups in total. The quantitative estimate of drug-likeness (QED) is 0.204. The predicted molar refractivity (Wildman–Crippen MR) is 114 cm³/mol. The molecule has 158 valence electrons. The van der Waals surface area contributed by atoms with Crippen molar-refractivity contribution in [1.82, 2.24) is 19.9 Å². The third-order valence-electron chi connectivity index (χ3n) is 4.36. The Kier molecular flexibility index (Phi) is 5.58. The third kappa shape index (κ3) is 4.36. The number of methoxy groups -OCH3 is 1. The average molecular weight is 440 g/mol. The number of fused-ring (bicyclic) bond motifs is 1. The normalized spacial score (nSPS) is 11.9. The number of aromatic hydroxyl groups is 1. The van der Waals surface area contributed by atoms with Gasteiger partial charge in [0.25, 0.3) is 0 Å². The lowest BCUT2D eigenvalue weighted by atomic mass is 10.1. The second-order valence-electron chi connectivity index (χ2n) is 6.41. The first-order valence-corrected chi connectivity index (χ1v) is 9.89. The molecule has 0 aliphatic rings. The van der Waals surface area contributed by atoms with Crippen molar-refractivity contribution in [3.63, 3.8) is 0 Å². The molecule has 9 nitrogen and oxygen atoms in total. The highest BCUT2D eigenvalue weighted by molar-refractivity contribution is 8.00. The van der Waals surface area contributed by atoms with E-state index < -0.39 is 17.0 Å². The minimum atomic E-state index is -0.804. The van der Waals surface area contributed by atoms with Gasteiger partial charge in [-0.1, -0.05) is 23.9 Å². The van der Waals surface area contributed by atoms with Crippen LogP contribution in [0.2, 0.25) is 0 Å². The number of aromatic nitrogens is 4. The Morgan fingerprint density at radius 2 is 2.03 bits per heavy atom. The molecule has 0 aliphatic heterocycles. The van der Waals surface area contributed by atoms with E-state index in [-0.39, 0.29) is 17.4 Å². The summed E-state index contributed by atoms with van der Waals surface area (Å²) in [4.78, 5) is 28.5. The number of aromatic amines is 1. The molecule has 31 heavy (non-hydrogen) atoms. The number of nitrogens with zero attached hydrogens (tertiary/aromatic N) is 3. The number of nitrogens with two attached hydrogens (primary N) is 1. The summed E-state index contributed by atoms with van der Waals surface area (Å²) >= 11 is 1.12. The number of phenolic OH excluding ortho intramolecular Hbond substituents is 1. The van der Waals surface area contributed by atoms with Crippen molar-refractivity contribution < 1.29 is 19.0 Å². The molecule has 0 spiro atoms. The first-order chi connectivity index (χ1) is 14.9. The number of rotatable bonds is 6. The van der Waals surface area contributed by atoms with Gasteiger partial charge in [-0.3, -0.25) is 4.79 Å². The van der Waals surface area contributed by atoms with Gasteiger partial charge in [-0.2, -0.15) is 4.98 Å². The molecular weight excluding hydrogens is 423 g/mol. The van der Waals surface area contributed by atoms with Gasteiger partial charge < -0.3 is 25.9 Å². The standard InChI is InChI=1S/C20H17FN6O3S/c1-30-14-8-12(6-7-13(14)28)25-18(29)16(10-2-4-11(21)5-3-10)31-19-15-17(24-9-23-15)26-20(22)27-19/h2-9,16,28H,1H3,(H,25,29)(H3,22,23,24,26,27)/t16-/m0/s1. The summed E-state index contributed by atoms with van der Waals surface area (Å²) in [5.74, 6) is -0.633. The molecule has 4 rings (SSSR count). The van der Waals surface area contributed by atoms with Crippen LogP contribution in [0.5, 0.6) is 11.5 Å². The summed E-state index contributed by atoms with van der Waals surface area (Å²) in [6, 6.07) is 10.1. The van der Waals surface area contributed by atoms with E-state index in [9.17, 15) is 14.3 Å². The Bertz CT molecular complexity index is 1250. The molecule has 4 aromatic rings. The topological polar surface area (TPSA) is 139 Å². The minimum Gasteiger partial charge on any atom is -0.504 e. The number of phenols is 1. The summed E-state index contributed by atoms with van der Waals surface area (Å²) < 4.78 is 18.6. The maximum atomic E-state index is 13.5. The van der Waals surface area contributed by atoms with Crippen LogP contribution in [-0.2, 0) is 4.79 Å². The molecule has 0 bridgehead atoms. The van der Waals surface area contributed by atoms with Crippen molar-refractivity contribution in [2.45, 2.75) is 10.3 Å². The molecule has 1 amide bonds. The van der Waals surface area contributed by atoms with E-state index in [4.69, 9.17) is 10.5 Å². The van der Waals surface area contributed by atoms with Gasteiger partial charge in [0.1, 0.15) is 21.6 Å². The molecule has 2 aromatic carbocycles. The predicted octanol–water partition coefficient (Wildman–Crippen LogP) is 3.26. The van der Waals surface area contributed by atoms with Gasteiger partial charge in [0.15, 0.2) is 17.1 Å². The van der Waals surface area contributed by atoms with Crippen LogP contribution in [0, 0.1) is 5.82 Å². The zero-order chi connectivity index (χ0) is 22.0. The van der Waals surface area contributed by atoms with Crippen molar-refractivity contribution in [3.8, 4) is 11.5 Å². The Balaban J connectivity index is 1.69. The molecule has 2 aromatic heterocycles. The molecule has 0 radical (unpaired) electrons. The summed E-state index contributed by atoms with van der Waals surface area (Å²) in [5.41, 5.74) is 7.66. The molecule has 0 saturated carbocycles. The fourth-order valence-corrected chi connectivity index (χ4v) is 3.99. The van der Waals surface area contributed by atoms with Gasteiger partial charge >= 0.3 is 0 Å². The fraction of sp³-hybridized carbons (Fsp3) is 0.100. The Morgan fingerprint density at radius 3 is 2.77 bits per heavy atom. The number of imidazole rings is 1. The lowest BCUT2D eigenvalue weighted by Crippen LogP contribution is -2.19. The highest BCUT2D eigenvalue weighted by atomic mass is 32.2. The van der Waals surface area contributed by atoms with Crippen LogP contribution in [0.25, 0.3) is 11.2 Å². The van der Waals surface area contributed by atoms with Gasteiger partial charge in [-0.25, -0.2) is 14.4 Å². The largest absolute Gasteiger partial charge is 0.504 e. The number of hydrogen-bond donors (Lipinski definition) is 4. The van der Waals surface area contributed by atoms with E-state index in [0.29, 0.717) is 27.4 Å². The van der Waals surface area contributed by atoms with Crippen LogP contribution in [-0.4, -0.2) is 38.1 Å². The van der Waals surface area contributed by atoms with Crippen molar-refractivity contribution in [2.75, 3.05) is 18.2 Å². The highest BCUT2D eigenvalue weighted by Crippen LogP contribution is 2.38. The molecule has 11 heteroatoms. The van der Waals surface area contributed by atoms with Gasteiger partial charge in [0.2, 0.25) is 11.9 Å². The molecule has 0 saturated heterocycles. The first kappa shape index (κ1) is 20.4. The highest BCUT2D eigenvalue weighted by Gasteiger charge is 2.25. The van der Waals surface area contributed by atoms with E-state index in [2.05, 4.69) is 25.3 Å². The number of hydrogen-bond acceptors (Lipinski definition) is 8. The van der Waals surface area contributed by atoms with Gasteiger partial charge in [-0.15, -0.1) is 0 Å². The SMILES string of the molecule is COc1cc(NC(=O)[C@@H](Sc2nc(N)nc3nc[nH]c23)c2ccc(F)cc2)ccc1O. The summed E-state index contributed by atoms with van der Waals surface area (Å²) in [7, 11) is 1.41. The Labute approximate surface area is 179 Å². The second kappa shape index (κ2) is 8.48. The lowest BCUT2D eigenvalue weighted by Gasteiger charge is -2.17. The molecule has 0 unspecified atom stereocenters. The number of carbonyl (C=O) groups is 1. The summed E-state index contributed by atoms with van der Waals surface area (Å²) in [6.45, 7) is 0. The number of carbonyl (C=O) groups excluding carboxylic acids is 1. The van der Waals surface area contributed by atoms with E-state index in [1.165, 1.54) is 55.9 Å². The van der Waals surface area contributed by atoms with Crippen LogP contribution in [0.1, 0.15) is 10.8 Å². The van der Waals surface area contributed by atoms with E-state index in [1.807, 2.05) is 0 Å². The second-order valence-corrected chi connectivity index (χ2v) is 7.51. The summed E-state index contributed by atoms with van der Waals surface area (Å²) in [5, 5.41) is 12.2. The number of halogens is 1. The monoisotopic (exact) mass is 440 g/mol. The van der Waals surface area contributed by atoms with Crippen LogP contribution in [0.15, 0.2) is 53.8 Å². The van der Waals surface area contributed by atoms with Crippen molar-refractivity contribution in [2.24, 2.45) is 0 Å². The summed E-state index contributed by atoms with van der Waals surface area (Å²) in [6.07, 6.45) is 1.46. The number of nitrogen functional groups attached to an aromatic ring is 1. The van der Waals surface area contributed by atoms with Gasteiger partial charge in [-0.05, 0) is 29.8 Å². The van der Waals surface area contributed by atoms with Crippen LogP contribution in [0.3, 0.4) is 0 Å². The lowest BCUT2D eigenvalue weighted by molar-refractivity contribution is -0.115. The average Bonchev–Trinajstić information content (AvgIpc) is 3.22. The smallest absolute Gasteiger partial charge is 0.242 e. The van der Waals surface area contributed by atoms with Crippen molar-refractivity contribution in [3.05, 3.63) is 60.2 Å². The Morgan fingerprint density at radius 1 is 1.26 bits per heavy atom. The number of anilines is 2. The first-order valence-electron chi connectivity index (χ1n) is 9.01. The van der Waals surface area contributed by atoms with Gasteiger partial charge in [0, 0.05) is 11.8 Å². The van der Waals surface area contributed by atoms with Crippen LogP contribution < -0.4 is 15.8 Å².